The molecule has 122 valence electrons. The van der Waals surface area contributed by atoms with Crippen LogP contribution in [-0.2, 0) is 10.0 Å². The minimum Gasteiger partial charge on any atom is -0.494 e. The summed E-state index contributed by atoms with van der Waals surface area (Å²) in [7, 11) is -3.90. The number of halogens is 1. The van der Waals surface area contributed by atoms with Crippen LogP contribution >= 0.6 is 0 Å². The van der Waals surface area contributed by atoms with Crippen LogP contribution in [-0.4, -0.2) is 21.6 Å². The third-order valence-electron chi connectivity index (χ3n) is 3.14. The second-order valence-electron chi connectivity index (χ2n) is 4.68. The first-order valence-corrected chi connectivity index (χ1v) is 8.55. The van der Waals surface area contributed by atoms with Crippen LogP contribution in [0.2, 0.25) is 0 Å². The van der Waals surface area contributed by atoms with Crippen molar-refractivity contribution < 1.29 is 17.5 Å². The van der Waals surface area contributed by atoms with Crippen molar-refractivity contribution in [2.45, 2.75) is 11.8 Å². The van der Waals surface area contributed by atoms with Gasteiger partial charge in [0.2, 0.25) is 0 Å². The Morgan fingerprint density at radius 3 is 2.39 bits per heavy atom. The fourth-order valence-electron chi connectivity index (χ4n) is 2.10. The largest absolute Gasteiger partial charge is 0.494 e. The summed E-state index contributed by atoms with van der Waals surface area (Å²) in [6.07, 6.45) is 1.42. The fourth-order valence-corrected chi connectivity index (χ4v) is 3.54. The summed E-state index contributed by atoms with van der Waals surface area (Å²) in [4.78, 5) is 0.0612. The van der Waals surface area contributed by atoms with E-state index in [0.717, 1.165) is 4.31 Å². The molecule has 0 aliphatic heterocycles. The molecule has 0 heterocycles. The molecule has 0 bridgehead atoms. The highest BCUT2D eigenvalue weighted by molar-refractivity contribution is 7.92. The van der Waals surface area contributed by atoms with Crippen molar-refractivity contribution in [1.82, 2.24) is 0 Å². The molecule has 0 aliphatic carbocycles. The average Bonchev–Trinajstić information content (AvgIpc) is 2.54. The van der Waals surface area contributed by atoms with E-state index in [1.807, 2.05) is 6.92 Å². The maximum atomic E-state index is 14.0. The second-order valence-corrected chi connectivity index (χ2v) is 6.54. The molecule has 0 amide bonds. The number of para-hydroxylation sites is 1. The lowest BCUT2D eigenvalue weighted by Crippen LogP contribution is -2.31. The summed E-state index contributed by atoms with van der Waals surface area (Å²) in [6, 6.07) is 11.8. The minimum atomic E-state index is -3.90. The number of benzene rings is 2. The normalized spacial score (nSPS) is 11.0. The molecule has 0 unspecified atom stereocenters. The molecule has 2 aromatic carbocycles. The highest BCUT2D eigenvalue weighted by Crippen LogP contribution is 2.27. The molecule has 4 nitrogen and oxygen atoms in total. The number of sulfonamides is 1. The number of nitrogens with zero attached hydrogens (tertiary/aromatic N) is 1. The van der Waals surface area contributed by atoms with Gasteiger partial charge < -0.3 is 4.74 Å². The van der Waals surface area contributed by atoms with Gasteiger partial charge in [-0.3, -0.25) is 4.31 Å². The molecule has 0 atom stereocenters. The first kappa shape index (κ1) is 17.0. The Bertz CT molecular complexity index is 773. The first-order valence-electron chi connectivity index (χ1n) is 7.11. The molecule has 0 spiro atoms. The molecule has 0 N–H and O–H groups in total. The SMILES string of the molecule is C=CCN(c1ccccc1F)S(=O)(=O)c1ccc(OCC)cc1. The van der Waals surface area contributed by atoms with Crippen molar-refractivity contribution in [3.05, 3.63) is 67.0 Å². The molecular formula is C17H18FNO3S. The standard InChI is InChI=1S/C17H18FNO3S/c1-3-13-19(17-8-6-5-7-16(17)18)23(20,21)15-11-9-14(10-12-15)22-4-2/h3,5-12H,1,4,13H2,2H3. The zero-order valence-electron chi connectivity index (χ0n) is 12.8. The van der Waals surface area contributed by atoms with Gasteiger partial charge in [-0.1, -0.05) is 18.2 Å². The Balaban J connectivity index is 2.45. The molecule has 2 rings (SSSR count). The number of hydrogen-bond acceptors (Lipinski definition) is 3. The van der Waals surface area contributed by atoms with Crippen LogP contribution in [0, 0.1) is 5.82 Å². The Hall–Kier alpha value is -2.34. The lowest BCUT2D eigenvalue weighted by atomic mass is 10.3. The third-order valence-corrected chi connectivity index (χ3v) is 4.93. The summed E-state index contributed by atoms with van der Waals surface area (Å²) < 4.78 is 45.9. The summed E-state index contributed by atoms with van der Waals surface area (Å²) >= 11 is 0. The van der Waals surface area contributed by atoms with Crippen molar-refractivity contribution in [2.75, 3.05) is 17.5 Å². The molecule has 0 aliphatic rings. The van der Waals surface area contributed by atoms with Crippen LogP contribution in [0.15, 0.2) is 66.1 Å². The first-order chi connectivity index (χ1) is 11.0. The lowest BCUT2D eigenvalue weighted by molar-refractivity contribution is 0.340. The molecule has 0 radical (unpaired) electrons. The molecule has 0 saturated heterocycles. The quantitative estimate of drug-likeness (QED) is 0.726. The number of hydrogen-bond donors (Lipinski definition) is 0. The van der Waals surface area contributed by atoms with Crippen LogP contribution in [0.25, 0.3) is 0 Å². The Kier molecular flexibility index (Phi) is 5.39. The molecule has 6 heteroatoms. The van der Waals surface area contributed by atoms with Crippen molar-refractivity contribution >= 4 is 15.7 Å². The Labute approximate surface area is 135 Å². The highest BCUT2D eigenvalue weighted by atomic mass is 32.2. The van der Waals surface area contributed by atoms with E-state index in [-0.39, 0.29) is 17.1 Å². The van der Waals surface area contributed by atoms with Gasteiger partial charge in [0.05, 0.1) is 23.7 Å². The van der Waals surface area contributed by atoms with Crippen LogP contribution in [0.5, 0.6) is 5.75 Å². The monoisotopic (exact) mass is 335 g/mol. The van der Waals surface area contributed by atoms with E-state index in [4.69, 9.17) is 4.74 Å². The van der Waals surface area contributed by atoms with Gasteiger partial charge in [0.1, 0.15) is 11.6 Å². The minimum absolute atomic E-state index is 0.0127. The van der Waals surface area contributed by atoms with Crippen molar-refractivity contribution in [3.8, 4) is 5.75 Å². The zero-order valence-corrected chi connectivity index (χ0v) is 13.6. The summed E-state index contributed by atoms with van der Waals surface area (Å²) in [5.74, 6) is -0.0310. The number of rotatable bonds is 7. The third kappa shape index (κ3) is 3.71. The van der Waals surface area contributed by atoms with Crippen molar-refractivity contribution in [1.29, 1.82) is 0 Å². The van der Waals surface area contributed by atoms with E-state index in [0.29, 0.717) is 12.4 Å². The van der Waals surface area contributed by atoms with Crippen LogP contribution < -0.4 is 9.04 Å². The molecule has 0 fully saturated rings. The molecule has 2 aromatic rings. The molecule has 0 saturated carbocycles. The van der Waals surface area contributed by atoms with Crippen molar-refractivity contribution in [3.63, 3.8) is 0 Å². The number of anilines is 1. The highest BCUT2D eigenvalue weighted by Gasteiger charge is 2.26. The van der Waals surface area contributed by atoms with Crippen LogP contribution in [0.3, 0.4) is 0 Å². The zero-order chi connectivity index (χ0) is 16.9. The lowest BCUT2D eigenvalue weighted by Gasteiger charge is -2.23. The van der Waals surface area contributed by atoms with Gasteiger partial charge in [0.25, 0.3) is 10.0 Å². The molecule has 23 heavy (non-hydrogen) atoms. The maximum Gasteiger partial charge on any atom is 0.264 e. The van der Waals surface area contributed by atoms with E-state index in [9.17, 15) is 12.8 Å². The van der Waals surface area contributed by atoms with Crippen molar-refractivity contribution in [2.24, 2.45) is 0 Å². The van der Waals surface area contributed by atoms with Gasteiger partial charge >= 0.3 is 0 Å². The van der Waals surface area contributed by atoms with E-state index < -0.39 is 15.8 Å². The summed E-state index contributed by atoms with van der Waals surface area (Å²) in [5, 5.41) is 0. The van der Waals surface area contributed by atoms with E-state index >= 15 is 0 Å². The second kappa shape index (κ2) is 7.28. The van der Waals surface area contributed by atoms with Gasteiger partial charge in [-0.25, -0.2) is 12.8 Å². The van der Waals surface area contributed by atoms with Gasteiger partial charge in [-0.05, 0) is 43.3 Å². The Morgan fingerprint density at radius 2 is 1.83 bits per heavy atom. The predicted molar refractivity (Wildman–Crippen MR) is 88.7 cm³/mol. The van der Waals surface area contributed by atoms with Crippen LogP contribution in [0.1, 0.15) is 6.92 Å². The Morgan fingerprint density at radius 1 is 1.17 bits per heavy atom. The smallest absolute Gasteiger partial charge is 0.264 e. The predicted octanol–water partition coefficient (Wildman–Crippen LogP) is 3.61. The van der Waals surface area contributed by atoms with Gasteiger partial charge in [-0.2, -0.15) is 0 Å². The van der Waals surface area contributed by atoms with Gasteiger partial charge in [-0.15, -0.1) is 6.58 Å². The van der Waals surface area contributed by atoms with Gasteiger partial charge in [0.15, 0.2) is 0 Å². The van der Waals surface area contributed by atoms with E-state index in [1.54, 1.807) is 18.2 Å². The molecular weight excluding hydrogens is 317 g/mol. The van der Waals surface area contributed by atoms with E-state index in [1.165, 1.54) is 36.4 Å². The number of ether oxygens (including phenoxy) is 1. The fraction of sp³-hybridized carbons (Fsp3) is 0.176. The van der Waals surface area contributed by atoms with Gasteiger partial charge in [0, 0.05) is 0 Å². The van der Waals surface area contributed by atoms with Crippen LogP contribution in [0.4, 0.5) is 10.1 Å². The summed E-state index contributed by atoms with van der Waals surface area (Å²) in [5.41, 5.74) is -0.0127. The van der Waals surface area contributed by atoms with E-state index in [2.05, 4.69) is 6.58 Å². The topological polar surface area (TPSA) is 46.6 Å². The maximum absolute atomic E-state index is 14.0. The molecule has 0 aromatic heterocycles. The average molecular weight is 335 g/mol. The summed E-state index contributed by atoms with van der Waals surface area (Å²) in [6.45, 7) is 5.85.